The van der Waals surface area contributed by atoms with E-state index in [1.165, 1.54) is 11.1 Å². The average molecular weight is 269 g/mol. The lowest BCUT2D eigenvalue weighted by atomic mass is 10.0. The number of nitrogens with one attached hydrogen (secondary N) is 1. The predicted octanol–water partition coefficient (Wildman–Crippen LogP) is 3.54. The Morgan fingerprint density at radius 3 is 2.65 bits per heavy atom. The van der Waals surface area contributed by atoms with E-state index in [0.717, 1.165) is 5.56 Å². The molecular formula is C17H19NO2. The van der Waals surface area contributed by atoms with Gasteiger partial charge in [-0.05, 0) is 42.7 Å². The van der Waals surface area contributed by atoms with Crippen molar-refractivity contribution in [1.29, 1.82) is 0 Å². The predicted molar refractivity (Wildman–Crippen MR) is 79.8 cm³/mol. The SMILES string of the molecule is Cc1ccccc1[C@@H](C)NCc1cccc(C(=O)O)c1. The summed E-state index contributed by atoms with van der Waals surface area (Å²) in [4.78, 5) is 10.9. The summed E-state index contributed by atoms with van der Waals surface area (Å²) < 4.78 is 0. The van der Waals surface area contributed by atoms with Gasteiger partial charge in [0.15, 0.2) is 0 Å². The lowest BCUT2D eigenvalue weighted by Crippen LogP contribution is -2.19. The molecule has 3 heteroatoms. The summed E-state index contributed by atoms with van der Waals surface area (Å²) in [5, 5.41) is 12.4. The number of aryl methyl sites for hydroxylation is 1. The Kier molecular flexibility index (Phi) is 4.53. The Balaban J connectivity index is 2.04. The first-order valence-electron chi connectivity index (χ1n) is 6.69. The summed E-state index contributed by atoms with van der Waals surface area (Å²) in [6.45, 7) is 4.86. The summed E-state index contributed by atoms with van der Waals surface area (Å²) in [7, 11) is 0. The number of hydrogen-bond acceptors (Lipinski definition) is 2. The normalized spacial score (nSPS) is 12.1. The van der Waals surface area contributed by atoms with Crippen LogP contribution in [0.1, 0.15) is 40.0 Å². The molecule has 20 heavy (non-hydrogen) atoms. The summed E-state index contributed by atoms with van der Waals surface area (Å²) in [5.41, 5.74) is 3.83. The molecule has 2 aromatic rings. The molecule has 0 spiro atoms. The Morgan fingerprint density at radius 1 is 1.20 bits per heavy atom. The topological polar surface area (TPSA) is 49.3 Å². The van der Waals surface area contributed by atoms with Gasteiger partial charge in [-0.3, -0.25) is 0 Å². The van der Waals surface area contributed by atoms with Gasteiger partial charge in [0, 0.05) is 12.6 Å². The van der Waals surface area contributed by atoms with Crippen molar-refractivity contribution in [2.24, 2.45) is 0 Å². The van der Waals surface area contributed by atoms with E-state index in [1.54, 1.807) is 18.2 Å². The largest absolute Gasteiger partial charge is 0.478 e. The summed E-state index contributed by atoms with van der Waals surface area (Å²) in [6, 6.07) is 15.5. The van der Waals surface area contributed by atoms with Crippen molar-refractivity contribution >= 4 is 5.97 Å². The monoisotopic (exact) mass is 269 g/mol. The van der Waals surface area contributed by atoms with Gasteiger partial charge in [0.05, 0.1) is 5.56 Å². The number of carboxylic acid groups (broad SMARTS) is 1. The van der Waals surface area contributed by atoms with E-state index in [9.17, 15) is 4.79 Å². The second-order valence-corrected chi connectivity index (χ2v) is 4.96. The zero-order valence-electron chi connectivity index (χ0n) is 11.8. The van der Waals surface area contributed by atoms with E-state index in [2.05, 4.69) is 31.3 Å². The number of aromatic carboxylic acids is 1. The molecule has 0 saturated heterocycles. The van der Waals surface area contributed by atoms with Crippen LogP contribution in [0.5, 0.6) is 0 Å². The standard InChI is InChI=1S/C17H19NO2/c1-12-6-3-4-9-16(12)13(2)18-11-14-7-5-8-15(10-14)17(19)20/h3-10,13,18H,11H2,1-2H3,(H,19,20)/t13-/m1/s1. The van der Waals surface area contributed by atoms with E-state index in [0.29, 0.717) is 12.1 Å². The molecule has 0 aromatic heterocycles. The lowest BCUT2D eigenvalue weighted by Gasteiger charge is -2.16. The molecule has 0 amide bonds. The van der Waals surface area contributed by atoms with Gasteiger partial charge in [-0.25, -0.2) is 4.79 Å². The fraction of sp³-hybridized carbons (Fsp3) is 0.235. The molecule has 3 nitrogen and oxygen atoms in total. The van der Waals surface area contributed by atoms with Crippen LogP contribution in [0.15, 0.2) is 48.5 Å². The number of carboxylic acids is 1. The highest BCUT2D eigenvalue weighted by atomic mass is 16.4. The first-order chi connectivity index (χ1) is 9.58. The van der Waals surface area contributed by atoms with Crippen molar-refractivity contribution in [1.82, 2.24) is 5.32 Å². The smallest absolute Gasteiger partial charge is 0.335 e. The second kappa shape index (κ2) is 6.35. The van der Waals surface area contributed by atoms with Gasteiger partial charge in [-0.15, -0.1) is 0 Å². The van der Waals surface area contributed by atoms with Gasteiger partial charge in [-0.2, -0.15) is 0 Å². The van der Waals surface area contributed by atoms with E-state index in [1.807, 2.05) is 18.2 Å². The summed E-state index contributed by atoms with van der Waals surface area (Å²) in [5.74, 6) is -0.890. The fourth-order valence-electron chi connectivity index (χ4n) is 2.27. The molecule has 0 aliphatic heterocycles. The maximum Gasteiger partial charge on any atom is 0.335 e. The van der Waals surface area contributed by atoms with Crippen molar-refractivity contribution in [3.05, 3.63) is 70.8 Å². The second-order valence-electron chi connectivity index (χ2n) is 4.96. The number of rotatable bonds is 5. The zero-order chi connectivity index (χ0) is 14.5. The van der Waals surface area contributed by atoms with Gasteiger partial charge in [0.25, 0.3) is 0 Å². The molecule has 1 atom stereocenters. The van der Waals surface area contributed by atoms with Gasteiger partial charge < -0.3 is 10.4 Å². The van der Waals surface area contributed by atoms with E-state index in [4.69, 9.17) is 5.11 Å². The highest BCUT2D eigenvalue weighted by molar-refractivity contribution is 5.87. The van der Waals surface area contributed by atoms with Crippen molar-refractivity contribution in [3.63, 3.8) is 0 Å². The van der Waals surface area contributed by atoms with Crippen molar-refractivity contribution < 1.29 is 9.90 Å². The highest BCUT2D eigenvalue weighted by Crippen LogP contribution is 2.17. The molecule has 0 saturated carbocycles. The molecule has 0 unspecified atom stereocenters. The number of hydrogen-bond donors (Lipinski definition) is 2. The Hall–Kier alpha value is -2.13. The first kappa shape index (κ1) is 14.3. The third-order valence-electron chi connectivity index (χ3n) is 3.44. The third-order valence-corrected chi connectivity index (χ3v) is 3.44. The molecule has 2 rings (SSSR count). The molecule has 0 radical (unpaired) electrons. The van der Waals surface area contributed by atoms with Crippen molar-refractivity contribution in [3.8, 4) is 0 Å². The van der Waals surface area contributed by atoms with Crippen molar-refractivity contribution in [2.75, 3.05) is 0 Å². The van der Waals surface area contributed by atoms with E-state index in [-0.39, 0.29) is 6.04 Å². The molecular weight excluding hydrogens is 250 g/mol. The molecule has 0 heterocycles. The van der Waals surface area contributed by atoms with Crippen LogP contribution in [0.4, 0.5) is 0 Å². The Morgan fingerprint density at radius 2 is 1.95 bits per heavy atom. The quantitative estimate of drug-likeness (QED) is 0.872. The van der Waals surface area contributed by atoms with Crippen molar-refractivity contribution in [2.45, 2.75) is 26.4 Å². The van der Waals surface area contributed by atoms with Crippen LogP contribution in [-0.2, 0) is 6.54 Å². The van der Waals surface area contributed by atoms with Gasteiger partial charge in [0.2, 0.25) is 0 Å². The molecule has 2 aromatic carbocycles. The lowest BCUT2D eigenvalue weighted by molar-refractivity contribution is 0.0696. The van der Waals surface area contributed by atoms with Crippen LogP contribution < -0.4 is 5.32 Å². The van der Waals surface area contributed by atoms with Gasteiger partial charge in [0.1, 0.15) is 0 Å². The Labute approximate surface area is 119 Å². The molecule has 0 bridgehead atoms. The fourth-order valence-corrected chi connectivity index (χ4v) is 2.27. The minimum Gasteiger partial charge on any atom is -0.478 e. The number of benzene rings is 2. The van der Waals surface area contributed by atoms with E-state index >= 15 is 0 Å². The molecule has 2 N–H and O–H groups in total. The molecule has 0 aliphatic carbocycles. The van der Waals surface area contributed by atoms with Crippen LogP contribution in [0.25, 0.3) is 0 Å². The first-order valence-corrected chi connectivity index (χ1v) is 6.69. The average Bonchev–Trinajstić information content (AvgIpc) is 2.45. The minimum atomic E-state index is -0.890. The minimum absolute atomic E-state index is 0.227. The molecule has 0 aliphatic rings. The maximum atomic E-state index is 10.9. The van der Waals surface area contributed by atoms with Crippen LogP contribution in [0, 0.1) is 6.92 Å². The molecule has 0 fully saturated rings. The zero-order valence-corrected chi connectivity index (χ0v) is 11.8. The summed E-state index contributed by atoms with van der Waals surface area (Å²) in [6.07, 6.45) is 0. The third kappa shape index (κ3) is 3.45. The van der Waals surface area contributed by atoms with Crippen LogP contribution in [-0.4, -0.2) is 11.1 Å². The van der Waals surface area contributed by atoms with Gasteiger partial charge >= 0.3 is 5.97 Å². The maximum absolute atomic E-state index is 10.9. The number of carbonyl (C=O) groups is 1. The van der Waals surface area contributed by atoms with Crippen LogP contribution in [0.3, 0.4) is 0 Å². The molecule has 104 valence electrons. The summed E-state index contributed by atoms with van der Waals surface area (Å²) >= 11 is 0. The van der Waals surface area contributed by atoms with Crippen LogP contribution >= 0.6 is 0 Å². The highest BCUT2D eigenvalue weighted by Gasteiger charge is 2.08. The van der Waals surface area contributed by atoms with E-state index < -0.39 is 5.97 Å². The Bertz CT molecular complexity index is 607. The van der Waals surface area contributed by atoms with Gasteiger partial charge in [-0.1, -0.05) is 36.4 Å². The van der Waals surface area contributed by atoms with Crippen LogP contribution in [0.2, 0.25) is 0 Å².